The minimum absolute atomic E-state index is 0.0637. The Morgan fingerprint density at radius 1 is 1.21 bits per heavy atom. The number of fused-ring (bicyclic) bond motifs is 1. The van der Waals surface area contributed by atoms with E-state index in [1.54, 1.807) is 0 Å². The fourth-order valence-electron chi connectivity index (χ4n) is 3.48. The molecule has 1 aliphatic rings. The topological polar surface area (TPSA) is 77.5 Å². The van der Waals surface area contributed by atoms with Crippen molar-refractivity contribution in [2.45, 2.75) is 32.6 Å². The van der Waals surface area contributed by atoms with Crippen LogP contribution in [0.4, 0.5) is 0 Å². The molecule has 1 heterocycles. The third kappa shape index (κ3) is 5.63. The fourth-order valence-corrected chi connectivity index (χ4v) is 3.91. The molecular weight excluding hydrogens is 387 g/mol. The molecule has 0 spiro atoms. The summed E-state index contributed by atoms with van der Waals surface area (Å²) in [4.78, 5) is 17.4. The van der Waals surface area contributed by atoms with Crippen LogP contribution in [0.25, 0.3) is 23.3 Å². The maximum Gasteiger partial charge on any atom is 0.318 e. The van der Waals surface area contributed by atoms with Crippen molar-refractivity contribution in [3.05, 3.63) is 52.2 Å². The first-order valence-corrected chi connectivity index (χ1v) is 11.1. The third-order valence-corrected chi connectivity index (χ3v) is 5.63. The maximum absolute atomic E-state index is 12.6. The Bertz CT molecular complexity index is 1010. The summed E-state index contributed by atoms with van der Waals surface area (Å²) in [5.74, 6) is -0.0637. The second-order valence-corrected chi connectivity index (χ2v) is 8.08. The minimum atomic E-state index is -2.40. The summed E-state index contributed by atoms with van der Waals surface area (Å²) in [5, 5.41) is 5.03. The molecule has 1 aliphatic carbocycles. The van der Waals surface area contributed by atoms with E-state index < -0.39 is 8.25 Å². The number of carbonyl (C=O) groups is 1. The largest absolute Gasteiger partial charge is 0.356 e. The average molecular weight is 414 g/mol. The standard InChI is InChI=1S/C22H27N2O4P/c1-16-19(15-21(25)23-13-8-14-28-29(26)27-2)22(17-9-4-3-5-10-17)18-11-6-7-12-20(18)24-16/h3-5,9-12,29H,6-8,13-15H2,1-2H3,(H,23,25). The molecule has 1 unspecified atom stereocenters. The molecule has 2 aromatic rings. The van der Waals surface area contributed by atoms with E-state index in [1.165, 1.54) is 7.11 Å². The van der Waals surface area contributed by atoms with Gasteiger partial charge < -0.3 is 14.4 Å². The van der Waals surface area contributed by atoms with Crippen LogP contribution in [0.1, 0.15) is 30.5 Å². The van der Waals surface area contributed by atoms with Gasteiger partial charge in [0, 0.05) is 24.6 Å². The molecule has 1 amide bonds. The number of carbonyl (C=O) groups excluding carboxylic acids is 1. The Hall–Kier alpha value is -2.27. The molecule has 0 fully saturated rings. The van der Waals surface area contributed by atoms with Crippen LogP contribution in [0.2, 0.25) is 0 Å². The molecule has 0 saturated heterocycles. The van der Waals surface area contributed by atoms with Gasteiger partial charge in [0.2, 0.25) is 5.91 Å². The molecular formula is C22H27N2O4P. The summed E-state index contributed by atoms with van der Waals surface area (Å²) < 4.78 is 20.7. The van der Waals surface area contributed by atoms with Crippen LogP contribution in [-0.4, -0.2) is 31.2 Å². The highest BCUT2D eigenvalue weighted by Crippen LogP contribution is 2.23. The van der Waals surface area contributed by atoms with Gasteiger partial charge in [0.1, 0.15) is 0 Å². The van der Waals surface area contributed by atoms with Crippen LogP contribution in [-0.2, 0) is 24.8 Å². The summed E-state index contributed by atoms with van der Waals surface area (Å²) >= 11 is 0. The van der Waals surface area contributed by atoms with Gasteiger partial charge in [-0.1, -0.05) is 42.5 Å². The van der Waals surface area contributed by atoms with E-state index in [0.29, 0.717) is 13.0 Å². The van der Waals surface area contributed by atoms with Crippen LogP contribution >= 0.6 is 8.25 Å². The number of benzene rings is 1. The molecule has 3 rings (SSSR count). The fraction of sp³-hybridized carbons (Fsp3) is 0.364. The maximum atomic E-state index is 12.6. The third-order valence-electron chi connectivity index (χ3n) is 4.85. The van der Waals surface area contributed by atoms with Crippen molar-refractivity contribution in [1.29, 1.82) is 0 Å². The quantitative estimate of drug-likeness (QED) is 0.504. The van der Waals surface area contributed by atoms with Gasteiger partial charge in [-0.25, -0.2) is 0 Å². The smallest absolute Gasteiger partial charge is 0.318 e. The zero-order valence-electron chi connectivity index (χ0n) is 16.9. The zero-order valence-corrected chi connectivity index (χ0v) is 17.9. The predicted molar refractivity (Wildman–Crippen MR) is 115 cm³/mol. The Balaban J connectivity index is 1.79. The molecule has 0 aliphatic heterocycles. The first-order chi connectivity index (χ1) is 14.1. The van der Waals surface area contributed by atoms with Gasteiger partial charge in [-0.15, -0.1) is 0 Å². The highest BCUT2D eigenvalue weighted by Gasteiger charge is 2.16. The number of hydrogen-bond donors (Lipinski definition) is 1. The highest BCUT2D eigenvalue weighted by molar-refractivity contribution is 7.33. The van der Waals surface area contributed by atoms with Crippen molar-refractivity contribution < 1.29 is 18.4 Å². The SMILES string of the molecule is CO[PH](=O)OCCCNC(=O)Cc1c(C)nc2c(c1-c1ccccc1)=CCCC=2. The summed E-state index contributed by atoms with van der Waals surface area (Å²) in [6, 6.07) is 10.2. The highest BCUT2D eigenvalue weighted by atomic mass is 31.1. The van der Waals surface area contributed by atoms with Crippen molar-refractivity contribution >= 4 is 26.3 Å². The number of rotatable bonds is 9. The van der Waals surface area contributed by atoms with Crippen molar-refractivity contribution in [3.63, 3.8) is 0 Å². The first kappa shape index (κ1) is 21.4. The van der Waals surface area contributed by atoms with Gasteiger partial charge in [0.05, 0.1) is 18.4 Å². The number of aromatic nitrogens is 1. The van der Waals surface area contributed by atoms with Gasteiger partial charge in [-0.2, -0.15) is 0 Å². The van der Waals surface area contributed by atoms with Crippen LogP contribution in [0.3, 0.4) is 0 Å². The lowest BCUT2D eigenvalue weighted by Crippen LogP contribution is -2.36. The second kappa shape index (κ2) is 10.5. The zero-order chi connectivity index (χ0) is 20.6. The molecule has 1 aromatic carbocycles. The molecule has 6 nitrogen and oxygen atoms in total. The second-order valence-electron chi connectivity index (χ2n) is 6.88. The van der Waals surface area contributed by atoms with Crippen molar-refractivity contribution in [2.75, 3.05) is 20.3 Å². The molecule has 0 bridgehead atoms. The predicted octanol–water partition coefficient (Wildman–Crippen LogP) is 2.51. The van der Waals surface area contributed by atoms with Crippen molar-refractivity contribution in [1.82, 2.24) is 10.3 Å². The van der Waals surface area contributed by atoms with Gasteiger partial charge in [-0.05, 0) is 42.9 Å². The molecule has 1 atom stereocenters. The van der Waals surface area contributed by atoms with Crippen LogP contribution in [0, 0.1) is 6.92 Å². The van der Waals surface area contributed by atoms with E-state index in [4.69, 9.17) is 9.51 Å². The van der Waals surface area contributed by atoms with Crippen LogP contribution < -0.4 is 15.9 Å². The lowest BCUT2D eigenvalue weighted by atomic mass is 9.92. The molecule has 154 valence electrons. The Morgan fingerprint density at radius 2 is 1.97 bits per heavy atom. The van der Waals surface area contributed by atoms with E-state index in [2.05, 4.69) is 34.1 Å². The summed E-state index contributed by atoms with van der Waals surface area (Å²) in [6.45, 7) is 2.70. The summed E-state index contributed by atoms with van der Waals surface area (Å²) in [5.41, 5.74) is 4.04. The van der Waals surface area contributed by atoms with Gasteiger partial charge in [0.15, 0.2) is 0 Å². The number of pyridine rings is 1. The van der Waals surface area contributed by atoms with E-state index in [-0.39, 0.29) is 18.9 Å². The number of hydrogen-bond acceptors (Lipinski definition) is 5. The van der Waals surface area contributed by atoms with E-state index in [0.717, 1.165) is 45.8 Å². The van der Waals surface area contributed by atoms with Crippen LogP contribution in [0.15, 0.2) is 30.3 Å². The summed E-state index contributed by atoms with van der Waals surface area (Å²) in [6.07, 6.45) is 7.20. The van der Waals surface area contributed by atoms with Gasteiger partial charge >= 0.3 is 8.25 Å². The molecule has 7 heteroatoms. The number of aryl methyl sites for hydroxylation is 1. The Morgan fingerprint density at radius 3 is 2.72 bits per heavy atom. The molecule has 1 N–H and O–H groups in total. The van der Waals surface area contributed by atoms with E-state index in [9.17, 15) is 9.36 Å². The number of nitrogens with one attached hydrogen (secondary N) is 1. The van der Waals surface area contributed by atoms with Crippen molar-refractivity contribution in [2.24, 2.45) is 0 Å². The minimum Gasteiger partial charge on any atom is -0.356 e. The number of amides is 1. The number of nitrogens with zero attached hydrogens (tertiary/aromatic N) is 1. The van der Waals surface area contributed by atoms with Crippen LogP contribution in [0.5, 0.6) is 0 Å². The average Bonchev–Trinajstić information content (AvgIpc) is 2.74. The Kier molecular flexibility index (Phi) is 7.76. The van der Waals surface area contributed by atoms with E-state index >= 15 is 0 Å². The molecule has 0 radical (unpaired) electrons. The van der Waals surface area contributed by atoms with Gasteiger partial charge in [-0.3, -0.25) is 14.3 Å². The normalized spacial score (nSPS) is 13.7. The van der Waals surface area contributed by atoms with Gasteiger partial charge in [0.25, 0.3) is 0 Å². The van der Waals surface area contributed by atoms with E-state index in [1.807, 2.05) is 25.1 Å². The molecule has 0 saturated carbocycles. The first-order valence-electron chi connectivity index (χ1n) is 9.83. The lowest BCUT2D eigenvalue weighted by molar-refractivity contribution is -0.120. The monoisotopic (exact) mass is 414 g/mol. The molecule has 29 heavy (non-hydrogen) atoms. The summed E-state index contributed by atoms with van der Waals surface area (Å²) in [7, 11) is -1.06. The van der Waals surface area contributed by atoms with Crippen molar-refractivity contribution in [3.8, 4) is 11.1 Å². The lowest BCUT2D eigenvalue weighted by Gasteiger charge is -2.16. The molecule has 1 aromatic heterocycles. The Labute approximate surface area is 171 Å².